The molecule has 108 valence electrons. The van der Waals surface area contributed by atoms with Crippen LogP contribution in [0.25, 0.3) is 0 Å². The third kappa shape index (κ3) is 4.77. The molecule has 1 heterocycles. The fourth-order valence-corrected chi connectivity index (χ4v) is 3.07. The van der Waals surface area contributed by atoms with Crippen LogP contribution in [0.1, 0.15) is 42.7 Å². The van der Waals surface area contributed by atoms with Crippen molar-refractivity contribution >= 4 is 11.3 Å². The van der Waals surface area contributed by atoms with Crippen LogP contribution in [0.4, 0.5) is 0 Å². The number of hydrogen-bond donors (Lipinski definition) is 1. The second kappa shape index (κ2) is 6.55. The molecule has 2 rings (SSSR count). The van der Waals surface area contributed by atoms with E-state index in [1.807, 2.05) is 11.3 Å². The molecule has 1 nitrogen and oxygen atoms in total. The van der Waals surface area contributed by atoms with Gasteiger partial charge in [-0.2, -0.15) is 0 Å². The van der Waals surface area contributed by atoms with Gasteiger partial charge in [-0.3, -0.25) is 0 Å². The van der Waals surface area contributed by atoms with Crippen LogP contribution >= 0.6 is 11.3 Å². The maximum absolute atomic E-state index is 3.65. The Morgan fingerprint density at radius 3 is 2.40 bits per heavy atom. The zero-order valence-corrected chi connectivity index (χ0v) is 13.8. The summed E-state index contributed by atoms with van der Waals surface area (Å²) in [6.07, 6.45) is 1.11. The maximum Gasteiger partial charge on any atom is 0.00967 e. The van der Waals surface area contributed by atoms with Gasteiger partial charge in [-0.15, -0.1) is 11.3 Å². The summed E-state index contributed by atoms with van der Waals surface area (Å²) in [7, 11) is 0. The van der Waals surface area contributed by atoms with Gasteiger partial charge in [0.1, 0.15) is 0 Å². The van der Waals surface area contributed by atoms with Crippen molar-refractivity contribution in [3.05, 3.63) is 57.8 Å². The Balaban J connectivity index is 2.11. The van der Waals surface area contributed by atoms with E-state index >= 15 is 0 Å². The van der Waals surface area contributed by atoms with Gasteiger partial charge in [0.15, 0.2) is 0 Å². The largest absolute Gasteiger partial charge is 0.311 e. The van der Waals surface area contributed by atoms with Crippen molar-refractivity contribution < 1.29 is 0 Å². The van der Waals surface area contributed by atoms with Crippen molar-refractivity contribution in [3.63, 3.8) is 0 Å². The highest BCUT2D eigenvalue weighted by Gasteiger charge is 2.16. The minimum absolute atomic E-state index is 0.164. The highest BCUT2D eigenvalue weighted by Crippen LogP contribution is 2.24. The summed E-state index contributed by atoms with van der Waals surface area (Å²) < 4.78 is 0. The maximum atomic E-state index is 3.65. The van der Waals surface area contributed by atoms with E-state index in [0.717, 1.165) is 13.0 Å². The topological polar surface area (TPSA) is 12.0 Å². The van der Waals surface area contributed by atoms with Gasteiger partial charge >= 0.3 is 0 Å². The van der Waals surface area contributed by atoms with E-state index < -0.39 is 0 Å². The first-order chi connectivity index (χ1) is 9.44. The van der Waals surface area contributed by atoms with Gasteiger partial charge in [-0.1, -0.05) is 30.3 Å². The van der Waals surface area contributed by atoms with Crippen LogP contribution in [0.3, 0.4) is 0 Å². The van der Waals surface area contributed by atoms with Crippen LogP contribution in [0.15, 0.2) is 41.8 Å². The smallest absolute Gasteiger partial charge is 0.00967 e. The van der Waals surface area contributed by atoms with E-state index in [-0.39, 0.29) is 5.54 Å². The highest BCUT2D eigenvalue weighted by molar-refractivity contribution is 7.10. The summed E-state index contributed by atoms with van der Waals surface area (Å²) >= 11 is 1.84. The van der Waals surface area contributed by atoms with E-state index in [2.05, 4.69) is 74.8 Å². The molecule has 0 saturated carbocycles. The molecule has 1 N–H and O–H groups in total. The Hall–Kier alpha value is -1.12. The summed E-state index contributed by atoms with van der Waals surface area (Å²) in [5.41, 5.74) is 3.04. The van der Waals surface area contributed by atoms with E-state index in [4.69, 9.17) is 0 Å². The van der Waals surface area contributed by atoms with Crippen molar-refractivity contribution in [1.82, 2.24) is 5.32 Å². The number of benzene rings is 1. The molecule has 1 atom stereocenters. The average Bonchev–Trinajstić information content (AvgIpc) is 2.80. The van der Waals surface area contributed by atoms with E-state index in [1.54, 1.807) is 0 Å². The lowest BCUT2D eigenvalue weighted by Gasteiger charge is -2.25. The molecule has 0 radical (unpaired) electrons. The molecule has 1 unspecified atom stereocenters. The van der Waals surface area contributed by atoms with Crippen LogP contribution in [-0.2, 0) is 6.42 Å². The number of rotatable bonds is 5. The number of thiophene rings is 1. The van der Waals surface area contributed by atoms with Gasteiger partial charge in [0.05, 0.1) is 0 Å². The molecular weight excluding hydrogens is 262 g/mol. The van der Waals surface area contributed by atoms with Crippen molar-refractivity contribution in [3.8, 4) is 0 Å². The zero-order chi connectivity index (χ0) is 14.6. The van der Waals surface area contributed by atoms with E-state index in [1.165, 1.54) is 16.0 Å². The van der Waals surface area contributed by atoms with Crippen LogP contribution in [-0.4, -0.2) is 12.1 Å². The summed E-state index contributed by atoms with van der Waals surface area (Å²) in [6, 6.07) is 13.2. The fourth-order valence-electron chi connectivity index (χ4n) is 2.35. The highest BCUT2D eigenvalue weighted by atomic mass is 32.1. The predicted octanol–water partition coefficient (Wildman–Crippen LogP) is 4.77. The van der Waals surface area contributed by atoms with Crippen LogP contribution in [0.2, 0.25) is 0 Å². The number of nitrogens with one attached hydrogen (secondary N) is 1. The van der Waals surface area contributed by atoms with Crippen LogP contribution in [0.5, 0.6) is 0 Å². The molecule has 0 aliphatic rings. The van der Waals surface area contributed by atoms with Gasteiger partial charge in [0.2, 0.25) is 0 Å². The molecule has 2 heteroatoms. The van der Waals surface area contributed by atoms with E-state index in [9.17, 15) is 0 Å². The second-order valence-corrected chi connectivity index (χ2v) is 7.62. The molecule has 0 bridgehead atoms. The van der Waals surface area contributed by atoms with Crippen molar-refractivity contribution in [2.45, 2.75) is 45.6 Å². The molecule has 20 heavy (non-hydrogen) atoms. The van der Waals surface area contributed by atoms with E-state index in [0.29, 0.717) is 5.92 Å². The average molecular weight is 287 g/mol. The first-order valence-electron chi connectivity index (χ1n) is 7.28. The summed E-state index contributed by atoms with van der Waals surface area (Å²) in [6.45, 7) is 9.87. The molecule has 0 saturated heterocycles. The third-order valence-corrected chi connectivity index (χ3v) is 4.33. The summed E-state index contributed by atoms with van der Waals surface area (Å²) in [5, 5.41) is 5.94. The van der Waals surface area contributed by atoms with Crippen molar-refractivity contribution in [1.29, 1.82) is 0 Å². The molecule has 0 aliphatic carbocycles. The van der Waals surface area contributed by atoms with Gasteiger partial charge < -0.3 is 5.32 Å². The molecule has 2 aromatic rings. The molecule has 0 aliphatic heterocycles. The molecular formula is C18H25NS. The van der Waals surface area contributed by atoms with Crippen molar-refractivity contribution in [2.24, 2.45) is 0 Å². The number of hydrogen-bond acceptors (Lipinski definition) is 2. The van der Waals surface area contributed by atoms with Crippen LogP contribution in [0, 0.1) is 6.92 Å². The lowest BCUT2D eigenvalue weighted by molar-refractivity contribution is 0.405. The Bertz CT molecular complexity index is 522. The second-order valence-electron chi connectivity index (χ2n) is 6.51. The van der Waals surface area contributed by atoms with Crippen molar-refractivity contribution in [2.75, 3.05) is 6.54 Å². The first-order valence-corrected chi connectivity index (χ1v) is 8.16. The normalized spacial score (nSPS) is 13.4. The van der Waals surface area contributed by atoms with Crippen LogP contribution < -0.4 is 5.32 Å². The molecule has 0 fully saturated rings. The predicted molar refractivity (Wildman–Crippen MR) is 89.7 cm³/mol. The summed E-state index contributed by atoms with van der Waals surface area (Å²) in [4.78, 5) is 1.40. The van der Waals surface area contributed by atoms with Gasteiger partial charge in [-0.25, -0.2) is 0 Å². The minimum Gasteiger partial charge on any atom is -0.311 e. The SMILES string of the molecule is Cc1cc(CC(CNC(C)(C)C)c2ccccc2)cs1. The number of aryl methyl sites for hydroxylation is 1. The molecule has 0 amide bonds. The Morgan fingerprint density at radius 2 is 1.85 bits per heavy atom. The lowest BCUT2D eigenvalue weighted by atomic mass is 9.92. The van der Waals surface area contributed by atoms with Gasteiger partial charge in [0, 0.05) is 22.9 Å². The molecule has 1 aromatic carbocycles. The Morgan fingerprint density at radius 1 is 1.15 bits per heavy atom. The Labute approximate surface area is 127 Å². The molecule has 0 spiro atoms. The quantitative estimate of drug-likeness (QED) is 0.835. The standard InChI is InChI=1S/C18H25NS/c1-14-10-15(13-20-14)11-17(12-19-18(2,3)4)16-8-6-5-7-9-16/h5-10,13,17,19H,11-12H2,1-4H3. The monoisotopic (exact) mass is 287 g/mol. The lowest BCUT2D eigenvalue weighted by Crippen LogP contribution is -2.39. The van der Waals surface area contributed by atoms with Gasteiger partial charge in [-0.05, 0) is 56.7 Å². The molecule has 1 aromatic heterocycles. The summed E-state index contributed by atoms with van der Waals surface area (Å²) in [5.74, 6) is 0.532. The third-order valence-electron chi connectivity index (χ3n) is 3.42. The first kappa shape index (κ1) is 15.3. The Kier molecular flexibility index (Phi) is 5.00. The minimum atomic E-state index is 0.164. The van der Waals surface area contributed by atoms with Gasteiger partial charge in [0.25, 0.3) is 0 Å². The fraction of sp³-hybridized carbons (Fsp3) is 0.444. The zero-order valence-electron chi connectivity index (χ0n) is 12.9.